The van der Waals surface area contributed by atoms with Crippen LogP contribution in [-0.2, 0) is 4.79 Å². The number of carbonyl (C=O) groups is 1. The maximum atomic E-state index is 11.0. The Morgan fingerprint density at radius 3 is 2.36 bits per heavy atom. The molecule has 0 saturated carbocycles. The Morgan fingerprint density at radius 2 is 2.00 bits per heavy atom. The molecule has 0 fully saturated rings. The Morgan fingerprint density at radius 1 is 1.50 bits per heavy atom. The van der Waals surface area contributed by atoms with Crippen molar-refractivity contribution in [1.82, 2.24) is 5.32 Å². The monoisotopic (exact) mass is 218 g/mol. The number of amides is 1. The van der Waals surface area contributed by atoms with E-state index >= 15 is 0 Å². The van der Waals surface area contributed by atoms with Crippen molar-refractivity contribution in [3.05, 3.63) is 25.3 Å². The molecule has 1 atom stereocenters. The molecule has 0 bridgehead atoms. The van der Waals surface area contributed by atoms with E-state index < -0.39 is 0 Å². The molecule has 0 spiro atoms. The van der Waals surface area contributed by atoms with Gasteiger partial charge in [-0.15, -0.1) is 0 Å². The first kappa shape index (κ1) is 15.7. The standard InChI is InChI=1S/C10H18N2O.ClH/c1-6-8-12(4,5)9(3)11-10(13)7-2;/h6-7,9H,1-2,8H2,3-5H3;1H. The molecule has 0 aromatic carbocycles. The third-order valence-electron chi connectivity index (χ3n) is 2.18. The molecule has 0 aliphatic rings. The van der Waals surface area contributed by atoms with E-state index in [4.69, 9.17) is 0 Å². The van der Waals surface area contributed by atoms with Crippen LogP contribution in [0.2, 0.25) is 0 Å². The molecule has 0 rings (SSSR count). The Hall–Kier alpha value is -0.800. The molecule has 0 radical (unpaired) electrons. The van der Waals surface area contributed by atoms with Crippen LogP contribution >= 0.6 is 0 Å². The summed E-state index contributed by atoms with van der Waals surface area (Å²) >= 11 is 0. The van der Waals surface area contributed by atoms with Gasteiger partial charge >= 0.3 is 0 Å². The Bertz CT molecular complexity index is 214. The fourth-order valence-electron chi connectivity index (χ4n) is 0.930. The highest BCUT2D eigenvalue weighted by molar-refractivity contribution is 5.86. The SMILES string of the molecule is C=CC[N+](C)(C)C(C)NC(=O)C=C.[Cl-]. The quantitative estimate of drug-likeness (QED) is 0.244. The van der Waals surface area contributed by atoms with Crippen LogP contribution in [0.1, 0.15) is 6.92 Å². The number of nitrogens with zero attached hydrogens (tertiary/aromatic N) is 1. The average molecular weight is 219 g/mol. The van der Waals surface area contributed by atoms with Crippen molar-refractivity contribution >= 4 is 5.91 Å². The lowest BCUT2D eigenvalue weighted by atomic mass is 10.3. The molecule has 0 aliphatic carbocycles. The fourth-order valence-corrected chi connectivity index (χ4v) is 0.930. The van der Waals surface area contributed by atoms with Gasteiger partial charge in [-0.3, -0.25) is 4.79 Å². The van der Waals surface area contributed by atoms with Gasteiger partial charge in [-0.1, -0.05) is 13.2 Å². The van der Waals surface area contributed by atoms with E-state index in [2.05, 4.69) is 18.5 Å². The van der Waals surface area contributed by atoms with Gasteiger partial charge in [-0.25, -0.2) is 0 Å². The minimum Gasteiger partial charge on any atom is -1.00 e. The van der Waals surface area contributed by atoms with E-state index in [1.165, 1.54) is 6.08 Å². The van der Waals surface area contributed by atoms with E-state index in [0.29, 0.717) is 4.48 Å². The second-order valence-corrected chi connectivity index (χ2v) is 3.64. The zero-order chi connectivity index (χ0) is 10.5. The van der Waals surface area contributed by atoms with Crippen LogP contribution in [0.4, 0.5) is 0 Å². The van der Waals surface area contributed by atoms with Crippen LogP contribution in [0.3, 0.4) is 0 Å². The summed E-state index contributed by atoms with van der Waals surface area (Å²) in [4.78, 5) is 11.0. The van der Waals surface area contributed by atoms with E-state index in [0.717, 1.165) is 6.54 Å². The highest BCUT2D eigenvalue weighted by atomic mass is 35.5. The average Bonchev–Trinajstić information content (AvgIpc) is 2.04. The summed E-state index contributed by atoms with van der Waals surface area (Å²) < 4.78 is 0.684. The van der Waals surface area contributed by atoms with E-state index in [1.807, 2.05) is 27.1 Å². The second-order valence-electron chi connectivity index (χ2n) is 3.64. The Labute approximate surface area is 92.5 Å². The van der Waals surface area contributed by atoms with Crippen molar-refractivity contribution in [2.75, 3.05) is 20.6 Å². The predicted molar refractivity (Wildman–Crippen MR) is 55.0 cm³/mol. The Balaban J connectivity index is 0. The third kappa shape index (κ3) is 5.04. The van der Waals surface area contributed by atoms with Crippen molar-refractivity contribution < 1.29 is 21.7 Å². The maximum absolute atomic E-state index is 11.0. The molecule has 1 amide bonds. The summed E-state index contributed by atoms with van der Waals surface area (Å²) in [5.41, 5.74) is 0. The van der Waals surface area contributed by atoms with Gasteiger partial charge in [0.1, 0.15) is 0 Å². The topological polar surface area (TPSA) is 29.1 Å². The van der Waals surface area contributed by atoms with Gasteiger partial charge in [-0.2, -0.15) is 0 Å². The van der Waals surface area contributed by atoms with Crippen LogP contribution < -0.4 is 17.7 Å². The smallest absolute Gasteiger partial charge is 0.247 e. The van der Waals surface area contributed by atoms with Gasteiger partial charge in [-0.05, 0) is 12.2 Å². The summed E-state index contributed by atoms with van der Waals surface area (Å²) in [7, 11) is 4.07. The van der Waals surface area contributed by atoms with Gasteiger partial charge in [0.05, 0.1) is 20.6 Å². The molecule has 82 valence electrons. The van der Waals surface area contributed by atoms with Crippen LogP contribution in [0.5, 0.6) is 0 Å². The first-order chi connectivity index (χ1) is 5.94. The molecule has 0 aromatic rings. The first-order valence-electron chi connectivity index (χ1n) is 4.30. The number of halogens is 1. The number of carbonyl (C=O) groups excluding carboxylic acids is 1. The van der Waals surface area contributed by atoms with Crippen LogP contribution in [0.25, 0.3) is 0 Å². The molecule has 4 heteroatoms. The largest absolute Gasteiger partial charge is 1.00 e. The molecular weight excluding hydrogens is 200 g/mol. The molecular formula is C10H19ClN2O. The van der Waals surface area contributed by atoms with Gasteiger partial charge in [0.25, 0.3) is 0 Å². The zero-order valence-electron chi connectivity index (χ0n) is 9.09. The van der Waals surface area contributed by atoms with E-state index in [1.54, 1.807) is 0 Å². The molecule has 1 unspecified atom stereocenters. The zero-order valence-corrected chi connectivity index (χ0v) is 9.84. The molecule has 1 N–H and O–H groups in total. The third-order valence-corrected chi connectivity index (χ3v) is 2.18. The molecule has 0 aromatic heterocycles. The predicted octanol–water partition coefficient (Wildman–Crippen LogP) is -2.10. The van der Waals surface area contributed by atoms with Crippen LogP contribution in [0.15, 0.2) is 25.3 Å². The molecule has 3 nitrogen and oxygen atoms in total. The summed E-state index contributed by atoms with van der Waals surface area (Å²) in [5.74, 6) is -0.136. The van der Waals surface area contributed by atoms with Crippen molar-refractivity contribution in [3.8, 4) is 0 Å². The minimum atomic E-state index is -0.136. The van der Waals surface area contributed by atoms with Crippen molar-refractivity contribution in [2.24, 2.45) is 0 Å². The van der Waals surface area contributed by atoms with Crippen LogP contribution in [-0.4, -0.2) is 37.2 Å². The highest BCUT2D eigenvalue weighted by Crippen LogP contribution is 2.03. The first-order valence-corrected chi connectivity index (χ1v) is 4.30. The lowest BCUT2D eigenvalue weighted by Crippen LogP contribution is -3.00. The molecule has 0 aliphatic heterocycles. The number of quaternary nitrogens is 1. The fraction of sp³-hybridized carbons (Fsp3) is 0.500. The van der Waals surface area contributed by atoms with Crippen LogP contribution in [0, 0.1) is 0 Å². The normalized spacial score (nSPS) is 12.2. The van der Waals surface area contributed by atoms with Gasteiger partial charge in [0.15, 0.2) is 6.17 Å². The summed E-state index contributed by atoms with van der Waals surface area (Å²) in [5, 5.41) is 2.82. The van der Waals surface area contributed by atoms with E-state index in [9.17, 15) is 4.79 Å². The molecule has 14 heavy (non-hydrogen) atoms. The highest BCUT2D eigenvalue weighted by Gasteiger charge is 2.22. The van der Waals surface area contributed by atoms with Crippen molar-refractivity contribution in [1.29, 1.82) is 0 Å². The van der Waals surface area contributed by atoms with Crippen molar-refractivity contribution in [3.63, 3.8) is 0 Å². The number of hydrogen-bond donors (Lipinski definition) is 1. The molecule has 0 heterocycles. The summed E-state index contributed by atoms with van der Waals surface area (Å²) in [6.07, 6.45) is 3.18. The maximum Gasteiger partial charge on any atom is 0.247 e. The number of likely N-dealkylation sites (N-methyl/N-ethyl adjacent to an activating group) is 1. The number of hydrogen-bond acceptors (Lipinski definition) is 1. The Kier molecular flexibility index (Phi) is 7.41. The number of rotatable bonds is 5. The van der Waals surface area contributed by atoms with Gasteiger partial charge in [0, 0.05) is 6.92 Å². The van der Waals surface area contributed by atoms with Gasteiger partial charge < -0.3 is 22.2 Å². The molecule has 0 saturated heterocycles. The van der Waals surface area contributed by atoms with Gasteiger partial charge in [0.2, 0.25) is 5.91 Å². The lowest BCUT2D eigenvalue weighted by Gasteiger charge is -2.35. The number of nitrogens with one attached hydrogen (secondary N) is 1. The summed E-state index contributed by atoms with van der Waals surface area (Å²) in [6, 6.07) is 0. The lowest BCUT2D eigenvalue weighted by molar-refractivity contribution is -0.909. The van der Waals surface area contributed by atoms with E-state index in [-0.39, 0.29) is 24.5 Å². The minimum absolute atomic E-state index is 0. The second kappa shape index (κ2) is 6.62. The summed E-state index contributed by atoms with van der Waals surface area (Å²) in [6.45, 7) is 9.86. The van der Waals surface area contributed by atoms with Crippen molar-refractivity contribution in [2.45, 2.75) is 13.1 Å².